The van der Waals surface area contributed by atoms with Gasteiger partial charge in [-0.05, 0) is 51.1 Å². The summed E-state index contributed by atoms with van der Waals surface area (Å²) in [5, 5.41) is 3.54. The maximum atomic E-state index is 5.45. The molecule has 1 N–H and O–H groups in total. The van der Waals surface area contributed by atoms with Crippen molar-refractivity contribution in [3.05, 3.63) is 29.8 Å². The monoisotopic (exact) mass is 248 g/mol. The van der Waals surface area contributed by atoms with Crippen LogP contribution in [-0.4, -0.2) is 37.7 Å². The third-order valence-corrected chi connectivity index (χ3v) is 3.38. The number of rotatable bonds is 6. The summed E-state index contributed by atoms with van der Waals surface area (Å²) in [6.45, 7) is 6.06. The molecule has 3 heteroatoms. The number of benzene rings is 1. The second kappa shape index (κ2) is 6.76. The van der Waals surface area contributed by atoms with Gasteiger partial charge in [0.1, 0.15) is 5.75 Å². The SMILES string of the molecule is CCOc1ccc(CN(C)CC2CCCN2)cc1. The van der Waals surface area contributed by atoms with E-state index in [-0.39, 0.29) is 0 Å². The Bertz CT molecular complexity index is 344. The van der Waals surface area contributed by atoms with Gasteiger partial charge in [-0.3, -0.25) is 0 Å². The highest BCUT2D eigenvalue weighted by Crippen LogP contribution is 2.14. The molecule has 1 aromatic rings. The van der Waals surface area contributed by atoms with Crippen molar-refractivity contribution in [2.24, 2.45) is 0 Å². The van der Waals surface area contributed by atoms with Crippen LogP contribution in [0.15, 0.2) is 24.3 Å². The van der Waals surface area contributed by atoms with Gasteiger partial charge in [0, 0.05) is 19.1 Å². The number of hydrogen-bond acceptors (Lipinski definition) is 3. The Kier molecular flexibility index (Phi) is 5.02. The van der Waals surface area contributed by atoms with Crippen LogP contribution in [0.4, 0.5) is 0 Å². The summed E-state index contributed by atoms with van der Waals surface area (Å²) >= 11 is 0. The summed E-state index contributed by atoms with van der Waals surface area (Å²) in [4.78, 5) is 2.39. The van der Waals surface area contributed by atoms with E-state index in [0.717, 1.165) is 25.4 Å². The molecule has 2 rings (SSSR count). The molecule has 0 amide bonds. The Balaban J connectivity index is 1.80. The van der Waals surface area contributed by atoms with Crippen molar-refractivity contribution >= 4 is 0 Å². The average molecular weight is 248 g/mol. The molecule has 18 heavy (non-hydrogen) atoms. The van der Waals surface area contributed by atoms with Crippen molar-refractivity contribution in [1.29, 1.82) is 0 Å². The summed E-state index contributed by atoms with van der Waals surface area (Å²) in [5.74, 6) is 0.960. The Morgan fingerprint density at radius 1 is 1.33 bits per heavy atom. The van der Waals surface area contributed by atoms with Crippen molar-refractivity contribution in [3.63, 3.8) is 0 Å². The van der Waals surface area contributed by atoms with Gasteiger partial charge in [0.25, 0.3) is 0 Å². The molecule has 0 aliphatic carbocycles. The molecule has 1 atom stereocenters. The lowest BCUT2D eigenvalue weighted by Crippen LogP contribution is -2.34. The van der Waals surface area contributed by atoms with Crippen LogP contribution in [0, 0.1) is 0 Å². The fraction of sp³-hybridized carbons (Fsp3) is 0.600. The maximum Gasteiger partial charge on any atom is 0.119 e. The summed E-state index contributed by atoms with van der Waals surface area (Å²) < 4.78 is 5.45. The van der Waals surface area contributed by atoms with Crippen LogP contribution in [0.3, 0.4) is 0 Å². The highest BCUT2D eigenvalue weighted by Gasteiger charge is 2.15. The fourth-order valence-corrected chi connectivity index (χ4v) is 2.52. The van der Waals surface area contributed by atoms with Gasteiger partial charge >= 0.3 is 0 Å². The van der Waals surface area contributed by atoms with Gasteiger partial charge in [-0.25, -0.2) is 0 Å². The minimum absolute atomic E-state index is 0.678. The minimum atomic E-state index is 0.678. The summed E-state index contributed by atoms with van der Waals surface area (Å²) in [6, 6.07) is 9.10. The zero-order chi connectivity index (χ0) is 12.8. The first-order chi connectivity index (χ1) is 8.78. The highest BCUT2D eigenvalue weighted by molar-refractivity contribution is 5.27. The van der Waals surface area contributed by atoms with Crippen LogP contribution in [0.5, 0.6) is 5.75 Å². The summed E-state index contributed by atoms with van der Waals surface area (Å²) in [5.41, 5.74) is 1.35. The van der Waals surface area contributed by atoms with Gasteiger partial charge in [0.15, 0.2) is 0 Å². The molecule has 0 aromatic heterocycles. The van der Waals surface area contributed by atoms with Crippen LogP contribution in [0.2, 0.25) is 0 Å². The number of likely N-dealkylation sites (N-methyl/N-ethyl adjacent to an activating group) is 1. The van der Waals surface area contributed by atoms with Gasteiger partial charge in [-0.1, -0.05) is 12.1 Å². The Hall–Kier alpha value is -1.06. The number of hydrogen-bond donors (Lipinski definition) is 1. The maximum absolute atomic E-state index is 5.45. The normalized spacial score (nSPS) is 19.4. The molecule has 0 saturated carbocycles. The molecule has 0 bridgehead atoms. The topological polar surface area (TPSA) is 24.5 Å². The zero-order valence-corrected chi connectivity index (χ0v) is 11.5. The quantitative estimate of drug-likeness (QED) is 0.836. The molecule has 100 valence electrons. The van der Waals surface area contributed by atoms with E-state index in [1.54, 1.807) is 0 Å². The molecule has 0 radical (unpaired) electrons. The summed E-state index contributed by atoms with van der Waals surface area (Å²) in [7, 11) is 2.19. The lowest BCUT2D eigenvalue weighted by atomic mass is 10.2. The molecule has 0 spiro atoms. The zero-order valence-electron chi connectivity index (χ0n) is 11.5. The molecular formula is C15H24N2O. The summed E-state index contributed by atoms with van der Waals surface area (Å²) in [6.07, 6.45) is 2.63. The van der Waals surface area contributed by atoms with Crippen molar-refractivity contribution in [2.45, 2.75) is 32.4 Å². The Morgan fingerprint density at radius 2 is 2.11 bits per heavy atom. The van der Waals surface area contributed by atoms with Gasteiger partial charge in [-0.2, -0.15) is 0 Å². The van der Waals surface area contributed by atoms with Gasteiger partial charge in [-0.15, -0.1) is 0 Å². The Labute approximate surface area is 110 Å². The van der Waals surface area contributed by atoms with Crippen molar-refractivity contribution in [3.8, 4) is 5.75 Å². The third-order valence-electron chi connectivity index (χ3n) is 3.38. The predicted molar refractivity (Wildman–Crippen MR) is 75.0 cm³/mol. The van der Waals surface area contributed by atoms with E-state index in [2.05, 4.69) is 41.5 Å². The Morgan fingerprint density at radius 3 is 2.72 bits per heavy atom. The molecule has 1 aliphatic rings. The first kappa shape index (κ1) is 13.4. The van der Waals surface area contributed by atoms with E-state index < -0.39 is 0 Å². The van der Waals surface area contributed by atoms with Gasteiger partial charge in [0.2, 0.25) is 0 Å². The van der Waals surface area contributed by atoms with Gasteiger partial charge in [0.05, 0.1) is 6.61 Å². The van der Waals surface area contributed by atoms with Crippen LogP contribution >= 0.6 is 0 Å². The van der Waals surface area contributed by atoms with E-state index in [9.17, 15) is 0 Å². The number of nitrogens with zero attached hydrogens (tertiary/aromatic N) is 1. The molecule has 1 heterocycles. The minimum Gasteiger partial charge on any atom is -0.494 e. The first-order valence-corrected chi connectivity index (χ1v) is 6.91. The lowest BCUT2D eigenvalue weighted by Gasteiger charge is -2.21. The van der Waals surface area contributed by atoms with Crippen molar-refractivity contribution < 1.29 is 4.74 Å². The van der Waals surface area contributed by atoms with Gasteiger partial charge < -0.3 is 15.0 Å². The molecule has 1 aliphatic heterocycles. The smallest absolute Gasteiger partial charge is 0.119 e. The molecule has 1 fully saturated rings. The van der Waals surface area contributed by atoms with E-state index in [1.807, 2.05) is 6.92 Å². The van der Waals surface area contributed by atoms with E-state index >= 15 is 0 Å². The number of nitrogens with one attached hydrogen (secondary N) is 1. The standard InChI is InChI=1S/C15H24N2O/c1-3-18-15-8-6-13(7-9-15)11-17(2)12-14-5-4-10-16-14/h6-9,14,16H,3-5,10-12H2,1-2H3. The fourth-order valence-electron chi connectivity index (χ4n) is 2.52. The molecule has 3 nitrogen and oxygen atoms in total. The number of ether oxygens (including phenoxy) is 1. The third kappa shape index (κ3) is 4.00. The van der Waals surface area contributed by atoms with Crippen LogP contribution in [0.1, 0.15) is 25.3 Å². The van der Waals surface area contributed by atoms with Crippen molar-refractivity contribution in [1.82, 2.24) is 10.2 Å². The van der Waals surface area contributed by atoms with Crippen LogP contribution in [0.25, 0.3) is 0 Å². The molecular weight excluding hydrogens is 224 g/mol. The molecule has 1 unspecified atom stereocenters. The second-order valence-corrected chi connectivity index (χ2v) is 5.07. The van der Waals surface area contributed by atoms with E-state index in [1.165, 1.54) is 24.9 Å². The lowest BCUT2D eigenvalue weighted by molar-refractivity contribution is 0.293. The van der Waals surface area contributed by atoms with Crippen molar-refractivity contribution in [2.75, 3.05) is 26.7 Å². The average Bonchev–Trinajstić information content (AvgIpc) is 2.84. The molecule has 1 aromatic carbocycles. The molecule has 1 saturated heterocycles. The second-order valence-electron chi connectivity index (χ2n) is 5.07. The predicted octanol–water partition coefficient (Wildman–Crippen LogP) is 2.27. The van der Waals surface area contributed by atoms with E-state index in [4.69, 9.17) is 4.74 Å². The van der Waals surface area contributed by atoms with E-state index in [0.29, 0.717) is 6.04 Å². The van der Waals surface area contributed by atoms with Crippen LogP contribution in [-0.2, 0) is 6.54 Å². The first-order valence-electron chi connectivity index (χ1n) is 6.91. The highest BCUT2D eigenvalue weighted by atomic mass is 16.5. The largest absolute Gasteiger partial charge is 0.494 e. The van der Waals surface area contributed by atoms with Crippen LogP contribution < -0.4 is 10.1 Å².